The summed E-state index contributed by atoms with van der Waals surface area (Å²) >= 11 is 0. The normalized spacial score (nSPS) is 21.1. The zero-order valence-corrected chi connectivity index (χ0v) is 13.4. The molecule has 0 saturated heterocycles. The summed E-state index contributed by atoms with van der Waals surface area (Å²) in [6.45, 7) is 4.20. The molecule has 0 spiro atoms. The smallest absolute Gasteiger partial charge is 0.238 e. The molecule has 1 aliphatic rings. The summed E-state index contributed by atoms with van der Waals surface area (Å²) in [5, 5.41) is 5.12. The summed E-state index contributed by atoms with van der Waals surface area (Å²) in [5.74, 6) is 1.11. The number of hydrogen-bond donors (Lipinski definition) is 1. The molecule has 22 heavy (non-hydrogen) atoms. The van der Waals surface area contributed by atoms with Crippen molar-refractivity contribution in [3.63, 3.8) is 0 Å². The number of rotatable bonds is 4. The maximum absolute atomic E-state index is 11.3. The molecular weight excluding hydrogens is 298 g/mol. The maximum atomic E-state index is 11.3. The lowest BCUT2D eigenvalue weighted by Crippen LogP contribution is -2.11. The predicted molar refractivity (Wildman–Crippen MR) is 84.0 cm³/mol. The van der Waals surface area contributed by atoms with Gasteiger partial charge in [0.1, 0.15) is 0 Å². The van der Waals surface area contributed by atoms with Crippen molar-refractivity contribution >= 4 is 10.0 Å². The van der Waals surface area contributed by atoms with Gasteiger partial charge in [-0.1, -0.05) is 26.0 Å². The first kappa shape index (κ1) is 15.1. The minimum Gasteiger partial charge on any atom is -0.261 e. The summed E-state index contributed by atoms with van der Waals surface area (Å²) in [7, 11) is -3.63. The molecule has 3 rings (SSSR count). The van der Waals surface area contributed by atoms with Crippen LogP contribution in [-0.4, -0.2) is 18.4 Å². The Morgan fingerprint density at radius 3 is 2.41 bits per heavy atom. The molecule has 0 bridgehead atoms. The first-order valence-corrected chi connectivity index (χ1v) is 8.85. The van der Waals surface area contributed by atoms with Crippen LogP contribution < -0.4 is 5.14 Å². The Labute approximate surface area is 130 Å². The van der Waals surface area contributed by atoms with E-state index in [2.05, 4.69) is 23.8 Å². The fourth-order valence-corrected chi connectivity index (χ4v) is 3.16. The van der Waals surface area contributed by atoms with Gasteiger partial charge < -0.3 is 0 Å². The molecule has 1 aromatic heterocycles. The van der Waals surface area contributed by atoms with Crippen molar-refractivity contribution in [2.24, 2.45) is 5.14 Å². The lowest BCUT2D eigenvalue weighted by molar-refractivity contribution is 0.598. The molecule has 1 fully saturated rings. The molecule has 0 unspecified atom stereocenters. The van der Waals surface area contributed by atoms with Gasteiger partial charge in [0.25, 0.3) is 0 Å². The van der Waals surface area contributed by atoms with Gasteiger partial charge >= 0.3 is 0 Å². The van der Waals surface area contributed by atoms with Crippen LogP contribution >= 0.6 is 0 Å². The van der Waals surface area contributed by atoms with Crippen molar-refractivity contribution in [2.45, 2.75) is 42.9 Å². The van der Waals surface area contributed by atoms with Crippen LogP contribution in [0.25, 0.3) is 0 Å². The molecule has 6 heteroatoms. The van der Waals surface area contributed by atoms with Crippen LogP contribution in [0.15, 0.2) is 41.6 Å². The first-order valence-electron chi connectivity index (χ1n) is 7.31. The number of sulfonamides is 1. The minimum atomic E-state index is -3.63. The molecule has 0 radical (unpaired) electrons. The monoisotopic (exact) mass is 317 g/mol. The Hall–Kier alpha value is -1.79. The van der Waals surface area contributed by atoms with E-state index >= 15 is 0 Å². The molecule has 5 nitrogen and oxygen atoms in total. The van der Waals surface area contributed by atoms with Crippen LogP contribution in [0.5, 0.6) is 0 Å². The highest BCUT2D eigenvalue weighted by molar-refractivity contribution is 7.89. The van der Waals surface area contributed by atoms with Crippen molar-refractivity contribution < 1.29 is 8.42 Å². The van der Waals surface area contributed by atoms with E-state index in [1.165, 1.54) is 0 Å². The van der Waals surface area contributed by atoms with Crippen LogP contribution in [0.1, 0.15) is 55.0 Å². The van der Waals surface area contributed by atoms with Gasteiger partial charge in [-0.15, -0.1) is 0 Å². The fraction of sp³-hybridized carbons (Fsp3) is 0.375. The molecule has 2 N–H and O–H groups in total. The Morgan fingerprint density at radius 2 is 1.82 bits per heavy atom. The second-order valence-corrected chi connectivity index (χ2v) is 7.65. The van der Waals surface area contributed by atoms with Crippen LogP contribution in [0, 0.1) is 0 Å². The van der Waals surface area contributed by atoms with E-state index in [0.717, 1.165) is 23.4 Å². The summed E-state index contributed by atoms with van der Waals surface area (Å²) in [6.07, 6.45) is 4.66. The number of primary sulfonamides is 1. The molecule has 1 saturated carbocycles. The molecule has 0 aliphatic heterocycles. The molecule has 116 valence electrons. The highest BCUT2D eigenvalue weighted by atomic mass is 32.2. The Morgan fingerprint density at radius 1 is 1.14 bits per heavy atom. The molecular formula is C16H19N3O2S. The van der Waals surface area contributed by atoms with Gasteiger partial charge in [-0.25, -0.2) is 13.6 Å². The van der Waals surface area contributed by atoms with E-state index in [1.807, 2.05) is 24.5 Å². The second kappa shape index (κ2) is 5.44. The summed E-state index contributed by atoms with van der Waals surface area (Å²) in [4.78, 5) is 9.12. The third kappa shape index (κ3) is 3.03. The number of benzene rings is 1. The quantitative estimate of drug-likeness (QED) is 0.938. The first-order chi connectivity index (χ1) is 10.4. The zero-order valence-electron chi connectivity index (χ0n) is 12.6. The van der Waals surface area contributed by atoms with E-state index < -0.39 is 10.0 Å². The minimum absolute atomic E-state index is 0.148. The van der Waals surface area contributed by atoms with Crippen LogP contribution in [0.3, 0.4) is 0 Å². The molecule has 2 atom stereocenters. The average Bonchev–Trinajstić information content (AvgIpc) is 3.27. The Bertz CT molecular complexity index is 785. The number of nitrogens with two attached hydrogens (primary N) is 1. The molecule has 0 amide bonds. The van der Waals surface area contributed by atoms with E-state index in [9.17, 15) is 8.42 Å². The average molecular weight is 317 g/mol. The Kier molecular flexibility index (Phi) is 3.74. The van der Waals surface area contributed by atoms with Crippen LogP contribution in [-0.2, 0) is 10.0 Å². The van der Waals surface area contributed by atoms with Crippen molar-refractivity contribution in [1.29, 1.82) is 0 Å². The Balaban J connectivity index is 1.78. The van der Waals surface area contributed by atoms with Crippen molar-refractivity contribution in [1.82, 2.24) is 9.97 Å². The number of aromatic nitrogens is 2. The number of nitrogens with zero attached hydrogens (tertiary/aromatic N) is 2. The summed E-state index contributed by atoms with van der Waals surface area (Å²) < 4.78 is 22.6. The maximum Gasteiger partial charge on any atom is 0.238 e. The number of hydrogen-bond acceptors (Lipinski definition) is 4. The second-order valence-electron chi connectivity index (χ2n) is 6.09. The molecule has 1 aromatic carbocycles. The SMILES string of the molecule is CC(C)c1cncc([C@@H]2C[C@H]2c2ccc(S(N)(=O)=O)cc2)n1. The standard InChI is InChI=1S/C16H19N3O2S/c1-10(2)15-8-18-9-16(19-15)14-7-13(14)11-3-5-12(6-4-11)22(17,20)21/h3-6,8-10,13-14H,7H2,1-2H3,(H2,17,20,21)/t13-,14+/m0/s1. The summed E-state index contributed by atoms with van der Waals surface area (Å²) in [5.41, 5.74) is 3.15. The largest absolute Gasteiger partial charge is 0.261 e. The predicted octanol–water partition coefficient (Wildman–Crippen LogP) is 2.52. The van der Waals surface area contributed by atoms with Gasteiger partial charge in [-0.3, -0.25) is 9.97 Å². The van der Waals surface area contributed by atoms with Gasteiger partial charge in [0, 0.05) is 18.3 Å². The lowest BCUT2D eigenvalue weighted by Gasteiger charge is -2.06. The van der Waals surface area contributed by atoms with Gasteiger partial charge in [0.15, 0.2) is 0 Å². The van der Waals surface area contributed by atoms with E-state index in [4.69, 9.17) is 5.14 Å². The van der Waals surface area contributed by atoms with Gasteiger partial charge in [0.2, 0.25) is 10.0 Å². The summed E-state index contributed by atoms with van der Waals surface area (Å²) in [6, 6.07) is 6.81. The van der Waals surface area contributed by atoms with Gasteiger partial charge in [0.05, 0.1) is 16.3 Å². The third-order valence-corrected chi connectivity index (χ3v) is 5.00. The third-order valence-electron chi connectivity index (χ3n) is 4.07. The van der Waals surface area contributed by atoms with E-state index in [1.54, 1.807) is 12.1 Å². The van der Waals surface area contributed by atoms with Crippen molar-refractivity contribution in [3.05, 3.63) is 53.6 Å². The van der Waals surface area contributed by atoms with Gasteiger partial charge in [-0.05, 0) is 36.0 Å². The van der Waals surface area contributed by atoms with Gasteiger partial charge in [-0.2, -0.15) is 0 Å². The fourth-order valence-electron chi connectivity index (χ4n) is 2.65. The van der Waals surface area contributed by atoms with E-state index in [-0.39, 0.29) is 4.90 Å². The van der Waals surface area contributed by atoms with E-state index in [0.29, 0.717) is 17.8 Å². The highest BCUT2D eigenvalue weighted by Crippen LogP contribution is 2.54. The molecule has 1 heterocycles. The molecule has 1 aliphatic carbocycles. The van der Waals surface area contributed by atoms with Crippen LogP contribution in [0.4, 0.5) is 0 Å². The topological polar surface area (TPSA) is 85.9 Å². The van der Waals surface area contributed by atoms with Crippen molar-refractivity contribution in [3.8, 4) is 0 Å². The van der Waals surface area contributed by atoms with Crippen molar-refractivity contribution in [2.75, 3.05) is 0 Å². The van der Waals surface area contributed by atoms with Crippen LogP contribution in [0.2, 0.25) is 0 Å². The molecule has 2 aromatic rings. The zero-order chi connectivity index (χ0) is 15.9. The lowest BCUT2D eigenvalue weighted by atomic mass is 10.1. The highest BCUT2D eigenvalue weighted by Gasteiger charge is 2.40.